The summed E-state index contributed by atoms with van der Waals surface area (Å²) < 4.78 is 41.2. The molecule has 0 radical (unpaired) electrons. The zero-order valence-electron chi connectivity index (χ0n) is 15.2. The molecule has 1 fully saturated rings. The van der Waals surface area contributed by atoms with Gasteiger partial charge in [-0.15, -0.1) is 0 Å². The molecule has 2 aromatic heterocycles. The lowest BCUT2D eigenvalue weighted by molar-refractivity contribution is -0.142. The Morgan fingerprint density at radius 2 is 1.96 bits per heavy atom. The molecular weight excluding hydrogens is 369 g/mol. The number of rotatable bonds is 5. The number of carbonyl (C=O) groups excluding carboxylic acids is 1. The second-order valence-electron chi connectivity index (χ2n) is 6.98. The third kappa shape index (κ3) is 3.58. The maximum Gasteiger partial charge on any atom is 0.433 e. The highest BCUT2D eigenvalue weighted by Crippen LogP contribution is 2.41. The Balaban J connectivity index is 1.68. The van der Waals surface area contributed by atoms with E-state index in [2.05, 4.69) is 15.4 Å². The Morgan fingerprint density at radius 3 is 2.57 bits per heavy atom. The lowest BCUT2D eigenvalue weighted by atomic mass is 10.0. The fourth-order valence-corrected chi connectivity index (χ4v) is 3.23. The van der Waals surface area contributed by atoms with E-state index in [0.29, 0.717) is 16.6 Å². The number of amides is 1. The number of aromatic nitrogens is 3. The van der Waals surface area contributed by atoms with E-state index in [9.17, 15) is 18.0 Å². The van der Waals surface area contributed by atoms with Gasteiger partial charge in [0, 0.05) is 17.7 Å². The van der Waals surface area contributed by atoms with Crippen LogP contribution >= 0.6 is 0 Å². The van der Waals surface area contributed by atoms with Gasteiger partial charge in [0.25, 0.3) is 5.91 Å². The van der Waals surface area contributed by atoms with Gasteiger partial charge in [0.1, 0.15) is 5.69 Å². The van der Waals surface area contributed by atoms with E-state index in [-0.39, 0.29) is 23.3 Å². The quantitative estimate of drug-likeness (QED) is 0.700. The first-order valence-electron chi connectivity index (χ1n) is 9.20. The third-order valence-corrected chi connectivity index (χ3v) is 4.88. The standard InChI is InChI=1S/C20H19F3N4O/c1-2-14(12-6-4-3-5-7-12)25-19(28)16-11-18-24-15(13-8-9-13)10-17(20(21,22)23)27(18)26-16/h3-7,10-11,13-14H,2,8-9H2,1H3,(H,25,28). The van der Waals surface area contributed by atoms with Gasteiger partial charge in [0.2, 0.25) is 0 Å². The molecule has 1 aliphatic rings. The van der Waals surface area contributed by atoms with Gasteiger partial charge in [-0.2, -0.15) is 18.3 Å². The minimum absolute atomic E-state index is 0.0367. The summed E-state index contributed by atoms with van der Waals surface area (Å²) in [5.74, 6) is -0.469. The van der Waals surface area contributed by atoms with Gasteiger partial charge >= 0.3 is 6.18 Å². The molecule has 2 heterocycles. The first kappa shape index (κ1) is 18.5. The number of alkyl halides is 3. The first-order valence-corrected chi connectivity index (χ1v) is 9.20. The maximum absolute atomic E-state index is 13.5. The molecule has 1 unspecified atom stereocenters. The summed E-state index contributed by atoms with van der Waals surface area (Å²) in [6.45, 7) is 1.92. The second-order valence-corrected chi connectivity index (χ2v) is 6.98. The van der Waals surface area contributed by atoms with Crippen molar-refractivity contribution in [2.24, 2.45) is 0 Å². The van der Waals surface area contributed by atoms with E-state index in [1.165, 1.54) is 6.07 Å². The summed E-state index contributed by atoms with van der Waals surface area (Å²) >= 11 is 0. The van der Waals surface area contributed by atoms with E-state index < -0.39 is 17.8 Å². The van der Waals surface area contributed by atoms with E-state index in [0.717, 1.165) is 24.5 Å². The van der Waals surface area contributed by atoms with Gasteiger partial charge in [-0.05, 0) is 30.9 Å². The zero-order valence-corrected chi connectivity index (χ0v) is 15.2. The number of benzene rings is 1. The molecule has 5 nitrogen and oxygen atoms in total. The van der Waals surface area contributed by atoms with Crippen molar-refractivity contribution in [1.29, 1.82) is 0 Å². The number of nitrogens with one attached hydrogen (secondary N) is 1. The summed E-state index contributed by atoms with van der Waals surface area (Å²) in [6.07, 6.45) is -2.28. The fraction of sp³-hybridized carbons (Fsp3) is 0.350. The van der Waals surface area contributed by atoms with Crippen LogP contribution in [0.15, 0.2) is 42.5 Å². The number of nitrogens with zero attached hydrogens (tertiary/aromatic N) is 3. The Kier molecular flexibility index (Phi) is 4.56. The van der Waals surface area contributed by atoms with Crippen LogP contribution in [0.2, 0.25) is 0 Å². The number of carbonyl (C=O) groups is 1. The van der Waals surface area contributed by atoms with Crippen LogP contribution in [0.4, 0.5) is 13.2 Å². The van der Waals surface area contributed by atoms with Gasteiger partial charge in [0.05, 0.1) is 6.04 Å². The molecule has 0 spiro atoms. The van der Waals surface area contributed by atoms with Gasteiger partial charge < -0.3 is 5.32 Å². The van der Waals surface area contributed by atoms with Gasteiger partial charge in [-0.1, -0.05) is 37.3 Å². The molecular formula is C20H19F3N4O. The Morgan fingerprint density at radius 1 is 1.25 bits per heavy atom. The van der Waals surface area contributed by atoms with Crippen LogP contribution in [0.25, 0.3) is 5.65 Å². The van der Waals surface area contributed by atoms with Crippen molar-refractivity contribution in [2.45, 2.75) is 44.3 Å². The summed E-state index contributed by atoms with van der Waals surface area (Å²) in [5.41, 5.74) is 0.373. The molecule has 1 saturated carbocycles. The highest BCUT2D eigenvalue weighted by atomic mass is 19.4. The molecule has 0 aliphatic heterocycles. The predicted octanol–water partition coefficient (Wildman–Crippen LogP) is 4.51. The molecule has 1 atom stereocenters. The summed E-state index contributed by atoms with van der Waals surface area (Å²) in [7, 11) is 0. The molecule has 3 aromatic rings. The highest BCUT2D eigenvalue weighted by molar-refractivity contribution is 5.93. The Hall–Kier alpha value is -2.90. The fourth-order valence-electron chi connectivity index (χ4n) is 3.23. The molecule has 28 heavy (non-hydrogen) atoms. The van der Waals surface area contributed by atoms with Crippen molar-refractivity contribution >= 4 is 11.6 Å². The largest absolute Gasteiger partial charge is 0.433 e. The highest BCUT2D eigenvalue weighted by Gasteiger charge is 2.37. The molecule has 1 aliphatic carbocycles. The summed E-state index contributed by atoms with van der Waals surface area (Å²) in [4.78, 5) is 16.9. The van der Waals surface area contributed by atoms with Crippen molar-refractivity contribution < 1.29 is 18.0 Å². The Labute approximate surface area is 159 Å². The van der Waals surface area contributed by atoms with E-state index >= 15 is 0 Å². The Bertz CT molecular complexity index is 1010. The molecule has 4 rings (SSSR count). The number of halogens is 3. The van der Waals surface area contributed by atoms with Crippen LogP contribution in [0.5, 0.6) is 0 Å². The average molecular weight is 388 g/mol. The molecule has 1 amide bonds. The van der Waals surface area contributed by atoms with E-state index in [4.69, 9.17) is 0 Å². The second kappa shape index (κ2) is 6.92. The zero-order chi connectivity index (χ0) is 19.9. The topological polar surface area (TPSA) is 59.3 Å². The van der Waals surface area contributed by atoms with E-state index in [1.54, 1.807) is 0 Å². The molecule has 0 saturated heterocycles. The van der Waals surface area contributed by atoms with Gasteiger partial charge in [0.15, 0.2) is 11.3 Å². The molecule has 0 bridgehead atoms. The average Bonchev–Trinajstić information content (AvgIpc) is 3.43. The van der Waals surface area contributed by atoms with Crippen LogP contribution in [0, 0.1) is 0 Å². The SMILES string of the molecule is CCC(NC(=O)c1cc2nc(C3CC3)cc(C(F)(F)F)n2n1)c1ccccc1. The van der Waals surface area contributed by atoms with Crippen molar-refractivity contribution in [1.82, 2.24) is 19.9 Å². The molecule has 1 N–H and O–H groups in total. The monoisotopic (exact) mass is 388 g/mol. The normalized spacial score (nSPS) is 15.6. The lowest BCUT2D eigenvalue weighted by Gasteiger charge is -2.16. The van der Waals surface area contributed by atoms with Crippen LogP contribution in [-0.4, -0.2) is 20.5 Å². The van der Waals surface area contributed by atoms with Crippen LogP contribution < -0.4 is 5.32 Å². The number of hydrogen-bond donors (Lipinski definition) is 1. The minimum atomic E-state index is -4.58. The van der Waals surface area contributed by atoms with Gasteiger partial charge in [-0.25, -0.2) is 9.50 Å². The lowest BCUT2D eigenvalue weighted by Crippen LogP contribution is -2.28. The van der Waals surface area contributed by atoms with Crippen molar-refractivity contribution in [2.75, 3.05) is 0 Å². The summed E-state index contributed by atoms with van der Waals surface area (Å²) in [5, 5.41) is 6.75. The maximum atomic E-state index is 13.5. The van der Waals surface area contributed by atoms with Crippen LogP contribution in [0.1, 0.15) is 65.6 Å². The molecule has 8 heteroatoms. The molecule has 1 aromatic carbocycles. The predicted molar refractivity (Wildman–Crippen MR) is 96.9 cm³/mol. The van der Waals surface area contributed by atoms with Gasteiger partial charge in [-0.3, -0.25) is 4.79 Å². The van der Waals surface area contributed by atoms with Crippen LogP contribution in [0.3, 0.4) is 0 Å². The number of fused-ring (bicyclic) bond motifs is 1. The third-order valence-electron chi connectivity index (χ3n) is 4.88. The van der Waals surface area contributed by atoms with Crippen LogP contribution in [-0.2, 0) is 6.18 Å². The van der Waals surface area contributed by atoms with E-state index in [1.807, 2.05) is 37.3 Å². The van der Waals surface area contributed by atoms with Crippen molar-refractivity contribution in [3.05, 3.63) is 65.1 Å². The minimum Gasteiger partial charge on any atom is -0.344 e. The van der Waals surface area contributed by atoms with Crippen molar-refractivity contribution in [3.8, 4) is 0 Å². The number of hydrogen-bond acceptors (Lipinski definition) is 3. The summed E-state index contributed by atoms with van der Waals surface area (Å²) in [6, 6.07) is 11.5. The first-order chi connectivity index (χ1) is 13.4. The molecule has 146 valence electrons. The smallest absolute Gasteiger partial charge is 0.344 e. The van der Waals surface area contributed by atoms with Crippen molar-refractivity contribution in [3.63, 3.8) is 0 Å².